The third-order valence-corrected chi connectivity index (χ3v) is 4.30. The molecule has 0 heterocycles. The Morgan fingerprint density at radius 3 is 2.48 bits per heavy atom. The molecule has 0 unspecified atom stereocenters. The zero-order valence-electron chi connectivity index (χ0n) is 11.5. The molecular formula is C15H16FNO3S. The lowest BCUT2D eigenvalue weighted by Crippen LogP contribution is -2.23. The van der Waals surface area contributed by atoms with Crippen LogP contribution in [0.1, 0.15) is 11.1 Å². The smallest absolute Gasteiger partial charge is 0.240 e. The summed E-state index contributed by atoms with van der Waals surface area (Å²) in [6.07, 6.45) is 0. The van der Waals surface area contributed by atoms with Crippen LogP contribution in [-0.4, -0.2) is 15.5 Å². The third-order valence-electron chi connectivity index (χ3n) is 2.90. The lowest BCUT2D eigenvalue weighted by Gasteiger charge is -2.08. The first-order chi connectivity index (χ1) is 10.0. The van der Waals surface area contributed by atoms with Crippen molar-refractivity contribution in [2.24, 2.45) is 0 Å². The Morgan fingerprint density at radius 1 is 1.10 bits per heavy atom. The summed E-state index contributed by atoms with van der Waals surface area (Å²) in [6, 6.07) is 12.2. The van der Waals surface area contributed by atoms with E-state index in [0.29, 0.717) is 12.2 Å². The first-order valence-electron chi connectivity index (χ1n) is 6.33. The standard InChI is InChI=1S/C15H16FNO3S/c1-20-11-13-3-2-4-15(9-13)21(18,19)17-10-12-5-7-14(16)8-6-12/h2-9,17H,10-11H2,1H3. The topological polar surface area (TPSA) is 55.4 Å². The summed E-state index contributed by atoms with van der Waals surface area (Å²) in [6.45, 7) is 0.457. The average Bonchev–Trinajstić information content (AvgIpc) is 2.47. The molecule has 0 radical (unpaired) electrons. The molecule has 0 aliphatic carbocycles. The molecule has 1 N–H and O–H groups in total. The van der Waals surface area contributed by atoms with Crippen LogP contribution in [0.3, 0.4) is 0 Å². The second-order valence-corrected chi connectivity index (χ2v) is 6.30. The Balaban J connectivity index is 2.11. The summed E-state index contributed by atoms with van der Waals surface area (Å²) in [5.74, 6) is -0.353. The van der Waals surface area contributed by atoms with Gasteiger partial charge >= 0.3 is 0 Å². The van der Waals surface area contributed by atoms with E-state index in [2.05, 4.69) is 4.72 Å². The number of rotatable bonds is 6. The van der Waals surface area contributed by atoms with Gasteiger partial charge in [0.05, 0.1) is 11.5 Å². The molecule has 0 aromatic heterocycles. The van der Waals surface area contributed by atoms with Gasteiger partial charge in [0.2, 0.25) is 10.0 Å². The summed E-state index contributed by atoms with van der Waals surface area (Å²) >= 11 is 0. The molecule has 0 bridgehead atoms. The van der Waals surface area contributed by atoms with Crippen LogP contribution in [0.4, 0.5) is 4.39 Å². The van der Waals surface area contributed by atoms with Crippen molar-refractivity contribution >= 4 is 10.0 Å². The highest BCUT2D eigenvalue weighted by Crippen LogP contribution is 2.13. The van der Waals surface area contributed by atoms with Gasteiger partial charge in [0.1, 0.15) is 5.82 Å². The van der Waals surface area contributed by atoms with Crippen LogP contribution in [0.25, 0.3) is 0 Å². The molecule has 0 saturated heterocycles. The van der Waals surface area contributed by atoms with Crippen molar-refractivity contribution < 1.29 is 17.5 Å². The summed E-state index contributed by atoms with van der Waals surface area (Å²) in [5.41, 5.74) is 1.47. The average molecular weight is 309 g/mol. The minimum atomic E-state index is -3.61. The second kappa shape index (κ2) is 6.80. The fourth-order valence-electron chi connectivity index (χ4n) is 1.83. The van der Waals surface area contributed by atoms with E-state index in [4.69, 9.17) is 4.74 Å². The summed E-state index contributed by atoms with van der Waals surface area (Å²) in [5, 5.41) is 0. The van der Waals surface area contributed by atoms with Gasteiger partial charge in [0.15, 0.2) is 0 Å². The molecule has 21 heavy (non-hydrogen) atoms. The first kappa shape index (κ1) is 15.6. The Morgan fingerprint density at radius 2 is 1.81 bits per heavy atom. The highest BCUT2D eigenvalue weighted by Gasteiger charge is 2.14. The van der Waals surface area contributed by atoms with E-state index >= 15 is 0 Å². The van der Waals surface area contributed by atoms with Gasteiger partial charge in [-0.1, -0.05) is 24.3 Å². The molecule has 2 aromatic carbocycles. The molecule has 0 atom stereocenters. The Labute approximate surface area is 123 Å². The number of sulfonamides is 1. The minimum Gasteiger partial charge on any atom is -0.380 e. The number of methoxy groups -OCH3 is 1. The maximum absolute atomic E-state index is 12.8. The number of hydrogen-bond donors (Lipinski definition) is 1. The molecule has 0 amide bonds. The zero-order valence-corrected chi connectivity index (χ0v) is 12.4. The minimum absolute atomic E-state index is 0.108. The molecule has 0 saturated carbocycles. The van der Waals surface area contributed by atoms with Crippen LogP contribution in [0.5, 0.6) is 0 Å². The predicted octanol–water partition coefficient (Wildman–Crippen LogP) is 2.45. The van der Waals surface area contributed by atoms with Crippen LogP contribution in [-0.2, 0) is 27.9 Å². The van der Waals surface area contributed by atoms with Crippen LogP contribution in [0.15, 0.2) is 53.4 Å². The normalized spacial score (nSPS) is 11.5. The fourth-order valence-corrected chi connectivity index (χ4v) is 2.92. The molecular weight excluding hydrogens is 293 g/mol. The van der Waals surface area contributed by atoms with Gasteiger partial charge in [-0.2, -0.15) is 0 Å². The van der Waals surface area contributed by atoms with E-state index in [9.17, 15) is 12.8 Å². The van der Waals surface area contributed by atoms with Crippen molar-refractivity contribution in [2.45, 2.75) is 18.0 Å². The predicted molar refractivity (Wildman–Crippen MR) is 77.6 cm³/mol. The largest absolute Gasteiger partial charge is 0.380 e. The Kier molecular flexibility index (Phi) is 5.06. The fraction of sp³-hybridized carbons (Fsp3) is 0.200. The quantitative estimate of drug-likeness (QED) is 0.892. The van der Waals surface area contributed by atoms with E-state index in [0.717, 1.165) is 5.56 Å². The first-order valence-corrected chi connectivity index (χ1v) is 7.81. The van der Waals surface area contributed by atoms with Gasteiger partial charge in [-0.25, -0.2) is 17.5 Å². The van der Waals surface area contributed by atoms with Crippen molar-refractivity contribution in [3.63, 3.8) is 0 Å². The lowest BCUT2D eigenvalue weighted by molar-refractivity contribution is 0.184. The van der Waals surface area contributed by atoms with Gasteiger partial charge in [0, 0.05) is 13.7 Å². The van der Waals surface area contributed by atoms with Gasteiger partial charge in [-0.05, 0) is 35.4 Å². The molecule has 6 heteroatoms. The summed E-state index contributed by atoms with van der Waals surface area (Å²) in [7, 11) is -2.06. The Bertz CT molecular complexity index is 699. The van der Waals surface area contributed by atoms with Crippen molar-refractivity contribution in [3.05, 3.63) is 65.5 Å². The molecule has 112 valence electrons. The monoisotopic (exact) mass is 309 g/mol. The van der Waals surface area contributed by atoms with Crippen molar-refractivity contribution in [1.29, 1.82) is 0 Å². The van der Waals surface area contributed by atoms with E-state index in [1.807, 2.05) is 0 Å². The van der Waals surface area contributed by atoms with Crippen molar-refractivity contribution in [2.75, 3.05) is 7.11 Å². The highest BCUT2D eigenvalue weighted by molar-refractivity contribution is 7.89. The zero-order chi connectivity index (χ0) is 15.3. The number of benzene rings is 2. The van der Waals surface area contributed by atoms with Gasteiger partial charge in [0.25, 0.3) is 0 Å². The molecule has 0 fully saturated rings. The van der Waals surface area contributed by atoms with E-state index < -0.39 is 10.0 Å². The van der Waals surface area contributed by atoms with Crippen LogP contribution < -0.4 is 4.72 Å². The van der Waals surface area contributed by atoms with Gasteiger partial charge in [-0.15, -0.1) is 0 Å². The molecule has 0 aliphatic heterocycles. The van der Waals surface area contributed by atoms with E-state index in [-0.39, 0.29) is 17.3 Å². The number of halogens is 1. The lowest BCUT2D eigenvalue weighted by atomic mass is 10.2. The molecule has 4 nitrogen and oxygen atoms in total. The van der Waals surface area contributed by atoms with E-state index in [1.54, 1.807) is 37.4 Å². The van der Waals surface area contributed by atoms with Gasteiger partial charge < -0.3 is 4.74 Å². The SMILES string of the molecule is COCc1cccc(S(=O)(=O)NCc2ccc(F)cc2)c1. The van der Waals surface area contributed by atoms with Gasteiger partial charge in [-0.3, -0.25) is 0 Å². The van der Waals surface area contributed by atoms with Crippen LogP contribution >= 0.6 is 0 Å². The molecule has 0 spiro atoms. The van der Waals surface area contributed by atoms with Crippen molar-refractivity contribution in [1.82, 2.24) is 4.72 Å². The molecule has 2 rings (SSSR count). The number of hydrogen-bond acceptors (Lipinski definition) is 3. The van der Waals surface area contributed by atoms with E-state index in [1.165, 1.54) is 18.2 Å². The molecule has 0 aliphatic rings. The van der Waals surface area contributed by atoms with Crippen molar-refractivity contribution in [3.8, 4) is 0 Å². The number of nitrogens with one attached hydrogen (secondary N) is 1. The summed E-state index contributed by atoms with van der Waals surface area (Å²) in [4.78, 5) is 0.180. The maximum Gasteiger partial charge on any atom is 0.240 e. The van der Waals surface area contributed by atoms with Crippen LogP contribution in [0, 0.1) is 5.82 Å². The maximum atomic E-state index is 12.8. The van der Waals surface area contributed by atoms with Crippen LogP contribution in [0.2, 0.25) is 0 Å². The summed E-state index contributed by atoms with van der Waals surface area (Å²) < 4.78 is 44.7. The number of ether oxygens (including phenoxy) is 1. The molecule has 2 aromatic rings. The Hall–Kier alpha value is -1.76. The second-order valence-electron chi connectivity index (χ2n) is 4.53. The highest BCUT2D eigenvalue weighted by atomic mass is 32.2. The third kappa shape index (κ3) is 4.35.